The van der Waals surface area contributed by atoms with Gasteiger partial charge in [0.1, 0.15) is 0 Å². The molecule has 0 aliphatic carbocycles. The highest BCUT2D eigenvalue weighted by atomic mass is 32.2. The highest BCUT2D eigenvalue weighted by Crippen LogP contribution is 2.32. The van der Waals surface area contributed by atoms with Crippen molar-refractivity contribution in [3.8, 4) is 11.5 Å². The van der Waals surface area contributed by atoms with Gasteiger partial charge in [-0.15, -0.1) is 11.8 Å². The molecule has 23 heavy (non-hydrogen) atoms. The number of fused-ring (bicyclic) bond motifs is 1. The zero-order chi connectivity index (χ0) is 16.1. The van der Waals surface area contributed by atoms with E-state index in [1.807, 2.05) is 48.7 Å². The number of carbonyl (C=O) groups is 1. The van der Waals surface area contributed by atoms with Crippen LogP contribution in [0, 0.1) is 0 Å². The number of ether oxygens (including phenoxy) is 2. The number of hydrogen-bond acceptors (Lipinski definition) is 4. The van der Waals surface area contributed by atoms with Crippen LogP contribution in [0.25, 0.3) is 6.08 Å². The largest absolute Gasteiger partial charge is 0.454 e. The van der Waals surface area contributed by atoms with Gasteiger partial charge < -0.3 is 14.8 Å². The highest BCUT2D eigenvalue weighted by Gasteiger charge is 2.13. The molecule has 0 atom stereocenters. The second-order valence-electron chi connectivity index (χ2n) is 5.01. The van der Waals surface area contributed by atoms with E-state index in [-0.39, 0.29) is 12.7 Å². The Kier molecular flexibility index (Phi) is 4.88. The van der Waals surface area contributed by atoms with Crippen LogP contribution in [0.15, 0.2) is 53.4 Å². The molecule has 3 rings (SSSR count). The Morgan fingerprint density at radius 3 is 2.74 bits per heavy atom. The minimum absolute atomic E-state index is 0.128. The van der Waals surface area contributed by atoms with Gasteiger partial charge in [-0.25, -0.2) is 0 Å². The van der Waals surface area contributed by atoms with Gasteiger partial charge in [0.25, 0.3) is 0 Å². The maximum absolute atomic E-state index is 11.9. The van der Waals surface area contributed by atoms with Gasteiger partial charge in [0, 0.05) is 17.5 Å². The lowest BCUT2D eigenvalue weighted by Crippen LogP contribution is -2.20. The summed E-state index contributed by atoms with van der Waals surface area (Å²) in [5.74, 6) is 1.34. The summed E-state index contributed by atoms with van der Waals surface area (Å²) in [7, 11) is 0. The molecule has 1 aliphatic rings. The van der Waals surface area contributed by atoms with Crippen LogP contribution in [-0.4, -0.2) is 19.0 Å². The lowest BCUT2D eigenvalue weighted by Gasteiger charge is -2.04. The van der Waals surface area contributed by atoms with Gasteiger partial charge in [0.15, 0.2) is 11.5 Å². The summed E-state index contributed by atoms with van der Waals surface area (Å²) < 4.78 is 10.6. The average molecular weight is 327 g/mol. The molecule has 0 saturated carbocycles. The second-order valence-corrected chi connectivity index (χ2v) is 5.89. The molecule has 1 aliphatic heterocycles. The maximum atomic E-state index is 11.9. The zero-order valence-corrected chi connectivity index (χ0v) is 13.6. The smallest absolute Gasteiger partial charge is 0.244 e. The predicted octanol–water partition coefficient (Wildman–Crippen LogP) is 3.47. The first kappa shape index (κ1) is 15.5. The van der Waals surface area contributed by atoms with Gasteiger partial charge in [0.05, 0.1) is 0 Å². The van der Waals surface area contributed by atoms with Crippen molar-refractivity contribution >= 4 is 23.7 Å². The van der Waals surface area contributed by atoms with Crippen molar-refractivity contribution in [2.75, 3.05) is 13.0 Å². The van der Waals surface area contributed by atoms with Crippen LogP contribution in [0.2, 0.25) is 0 Å². The number of carbonyl (C=O) groups excluding carboxylic acids is 1. The number of benzene rings is 2. The Hall–Kier alpha value is -2.40. The number of amides is 1. The van der Waals surface area contributed by atoms with Crippen LogP contribution in [0.5, 0.6) is 11.5 Å². The van der Waals surface area contributed by atoms with Gasteiger partial charge in [-0.2, -0.15) is 0 Å². The van der Waals surface area contributed by atoms with E-state index >= 15 is 0 Å². The molecule has 0 bridgehead atoms. The lowest BCUT2D eigenvalue weighted by molar-refractivity contribution is -0.116. The van der Waals surface area contributed by atoms with E-state index in [0.717, 1.165) is 22.6 Å². The first-order valence-electron chi connectivity index (χ1n) is 7.23. The van der Waals surface area contributed by atoms with Gasteiger partial charge >= 0.3 is 0 Å². The number of hydrogen-bond donors (Lipinski definition) is 1. The maximum Gasteiger partial charge on any atom is 0.244 e. The monoisotopic (exact) mass is 327 g/mol. The molecule has 0 saturated heterocycles. The summed E-state index contributed by atoms with van der Waals surface area (Å²) in [6.07, 6.45) is 5.38. The zero-order valence-electron chi connectivity index (χ0n) is 12.7. The van der Waals surface area contributed by atoms with E-state index in [1.165, 1.54) is 4.90 Å². The van der Waals surface area contributed by atoms with Gasteiger partial charge in [0.2, 0.25) is 12.7 Å². The van der Waals surface area contributed by atoms with E-state index in [9.17, 15) is 4.79 Å². The Morgan fingerprint density at radius 1 is 1.17 bits per heavy atom. The molecule has 2 aromatic carbocycles. The van der Waals surface area contributed by atoms with Crippen molar-refractivity contribution in [3.05, 3.63) is 59.7 Å². The molecule has 1 amide bonds. The van der Waals surface area contributed by atoms with Crippen molar-refractivity contribution in [1.29, 1.82) is 0 Å². The molecule has 0 radical (unpaired) electrons. The van der Waals surface area contributed by atoms with Crippen LogP contribution < -0.4 is 14.8 Å². The van der Waals surface area contributed by atoms with Crippen molar-refractivity contribution in [1.82, 2.24) is 5.32 Å². The summed E-state index contributed by atoms with van der Waals surface area (Å²) >= 11 is 1.69. The summed E-state index contributed by atoms with van der Waals surface area (Å²) in [6, 6.07) is 13.7. The third kappa shape index (κ3) is 4.07. The Balaban J connectivity index is 1.53. The fraction of sp³-hybridized carbons (Fsp3) is 0.167. The van der Waals surface area contributed by atoms with E-state index in [4.69, 9.17) is 9.47 Å². The summed E-state index contributed by atoms with van der Waals surface area (Å²) in [6.45, 7) is 0.703. The Bertz CT molecular complexity index is 726. The number of nitrogens with one attached hydrogen (secondary N) is 1. The third-order valence-electron chi connectivity index (χ3n) is 3.45. The van der Waals surface area contributed by atoms with Crippen LogP contribution in [-0.2, 0) is 11.3 Å². The Morgan fingerprint density at radius 2 is 1.96 bits per heavy atom. The topological polar surface area (TPSA) is 47.6 Å². The highest BCUT2D eigenvalue weighted by molar-refractivity contribution is 7.98. The molecular formula is C18H17NO3S. The van der Waals surface area contributed by atoms with Crippen LogP contribution in [0.3, 0.4) is 0 Å². The molecule has 0 unspecified atom stereocenters. The van der Waals surface area contributed by atoms with Crippen LogP contribution in [0.4, 0.5) is 0 Å². The molecule has 1 N–H and O–H groups in total. The quantitative estimate of drug-likeness (QED) is 0.675. The SMILES string of the molecule is CSc1ccc(/C=C/C(=O)NCc2ccc3c(c2)OCO3)cc1. The third-order valence-corrected chi connectivity index (χ3v) is 4.19. The first-order chi connectivity index (χ1) is 11.2. The fourth-order valence-corrected chi connectivity index (χ4v) is 2.59. The molecule has 5 heteroatoms. The molecule has 0 aromatic heterocycles. The Labute approximate surface area is 139 Å². The first-order valence-corrected chi connectivity index (χ1v) is 8.45. The van der Waals surface area contributed by atoms with E-state index in [0.29, 0.717) is 6.54 Å². The van der Waals surface area contributed by atoms with Crippen LogP contribution in [0.1, 0.15) is 11.1 Å². The van der Waals surface area contributed by atoms with Crippen molar-refractivity contribution < 1.29 is 14.3 Å². The average Bonchev–Trinajstić information content (AvgIpc) is 3.06. The molecule has 0 fully saturated rings. The van der Waals surface area contributed by atoms with E-state index < -0.39 is 0 Å². The van der Waals surface area contributed by atoms with Crippen LogP contribution >= 0.6 is 11.8 Å². The summed E-state index contributed by atoms with van der Waals surface area (Å²) in [5, 5.41) is 2.86. The minimum Gasteiger partial charge on any atom is -0.454 e. The second kappa shape index (κ2) is 7.24. The van der Waals surface area contributed by atoms with Gasteiger partial charge in [-0.1, -0.05) is 18.2 Å². The molecule has 118 valence electrons. The summed E-state index contributed by atoms with van der Waals surface area (Å²) in [4.78, 5) is 13.1. The predicted molar refractivity (Wildman–Crippen MR) is 91.7 cm³/mol. The van der Waals surface area contributed by atoms with E-state index in [2.05, 4.69) is 5.32 Å². The standard InChI is InChI=1S/C18H17NO3S/c1-23-15-6-2-13(3-7-15)5-9-18(20)19-11-14-4-8-16-17(10-14)22-12-21-16/h2-10H,11-12H2,1H3,(H,19,20)/b9-5+. The number of thioether (sulfide) groups is 1. The van der Waals surface area contributed by atoms with Gasteiger partial charge in [-0.05, 0) is 47.7 Å². The summed E-state index contributed by atoms with van der Waals surface area (Å²) in [5.41, 5.74) is 1.97. The van der Waals surface area contributed by atoms with Crippen molar-refractivity contribution in [2.45, 2.75) is 11.4 Å². The minimum atomic E-state index is -0.128. The van der Waals surface area contributed by atoms with Crippen molar-refractivity contribution in [2.24, 2.45) is 0 Å². The molecule has 2 aromatic rings. The van der Waals surface area contributed by atoms with Gasteiger partial charge in [-0.3, -0.25) is 4.79 Å². The fourth-order valence-electron chi connectivity index (χ4n) is 2.19. The molecule has 4 nitrogen and oxygen atoms in total. The normalized spacial score (nSPS) is 12.6. The van der Waals surface area contributed by atoms with E-state index in [1.54, 1.807) is 23.9 Å². The molecule has 1 heterocycles. The lowest BCUT2D eigenvalue weighted by atomic mass is 10.2. The molecule has 0 spiro atoms. The number of rotatable bonds is 5. The molecular weight excluding hydrogens is 310 g/mol. The van der Waals surface area contributed by atoms with Crippen molar-refractivity contribution in [3.63, 3.8) is 0 Å².